The molecule has 1 nitrogen and oxygen atoms in total. The van der Waals surface area contributed by atoms with Crippen molar-refractivity contribution in [2.75, 3.05) is 6.54 Å². The molecular formula is C20H32FN. The number of unbranched alkanes of at least 4 members (excludes halogenated alkanes) is 7. The maximum absolute atomic E-state index is 13.4. The van der Waals surface area contributed by atoms with E-state index in [-0.39, 0.29) is 5.82 Å². The first kappa shape index (κ1) is 17.5. The van der Waals surface area contributed by atoms with Crippen LogP contribution in [0.25, 0.3) is 0 Å². The lowest BCUT2D eigenvalue weighted by molar-refractivity contribution is 0.461. The molecule has 1 aromatic carbocycles. The summed E-state index contributed by atoms with van der Waals surface area (Å²) in [6.45, 7) is 3.33. The Bertz CT molecular complexity index is 414. The molecule has 0 saturated heterocycles. The van der Waals surface area contributed by atoms with Crippen LogP contribution in [0, 0.1) is 11.7 Å². The molecule has 1 atom stereocenters. The van der Waals surface area contributed by atoms with Crippen LogP contribution in [0.15, 0.2) is 24.3 Å². The van der Waals surface area contributed by atoms with Crippen LogP contribution < -0.4 is 5.32 Å². The molecule has 0 bridgehead atoms. The molecule has 2 rings (SSSR count). The molecular weight excluding hydrogens is 273 g/mol. The van der Waals surface area contributed by atoms with E-state index in [1.54, 1.807) is 6.07 Å². The van der Waals surface area contributed by atoms with Crippen molar-refractivity contribution in [2.24, 2.45) is 5.92 Å². The molecule has 1 aliphatic carbocycles. The van der Waals surface area contributed by atoms with Gasteiger partial charge in [-0.2, -0.15) is 0 Å². The van der Waals surface area contributed by atoms with Crippen molar-refractivity contribution in [1.82, 2.24) is 5.32 Å². The van der Waals surface area contributed by atoms with E-state index in [4.69, 9.17) is 0 Å². The van der Waals surface area contributed by atoms with Gasteiger partial charge in [0.1, 0.15) is 5.82 Å². The van der Waals surface area contributed by atoms with Gasteiger partial charge in [-0.1, -0.05) is 64.0 Å². The van der Waals surface area contributed by atoms with Gasteiger partial charge in [-0.05, 0) is 49.4 Å². The second-order valence-corrected chi connectivity index (χ2v) is 6.80. The summed E-state index contributed by atoms with van der Waals surface area (Å²) < 4.78 is 13.4. The molecule has 1 aromatic rings. The molecule has 0 radical (unpaired) electrons. The zero-order chi connectivity index (χ0) is 15.6. The SMILES string of the molecule is CCCCCCCCCCN[C@H](c1cccc(F)c1)C1CC1. The summed E-state index contributed by atoms with van der Waals surface area (Å²) in [4.78, 5) is 0. The van der Waals surface area contributed by atoms with E-state index in [9.17, 15) is 4.39 Å². The first-order valence-electron chi connectivity index (χ1n) is 9.30. The summed E-state index contributed by atoms with van der Waals surface area (Å²) in [7, 11) is 0. The lowest BCUT2D eigenvalue weighted by atomic mass is 10.0. The van der Waals surface area contributed by atoms with Crippen molar-refractivity contribution in [3.05, 3.63) is 35.6 Å². The Hall–Kier alpha value is -0.890. The van der Waals surface area contributed by atoms with Gasteiger partial charge in [0.2, 0.25) is 0 Å². The van der Waals surface area contributed by atoms with Gasteiger partial charge in [-0.15, -0.1) is 0 Å². The third kappa shape index (κ3) is 6.48. The molecule has 1 fully saturated rings. The van der Waals surface area contributed by atoms with Gasteiger partial charge in [0.15, 0.2) is 0 Å². The van der Waals surface area contributed by atoms with Crippen LogP contribution in [0.5, 0.6) is 0 Å². The molecule has 0 unspecified atom stereocenters. The second kappa shape index (κ2) is 9.99. The maximum atomic E-state index is 13.4. The summed E-state index contributed by atoms with van der Waals surface area (Å²) in [5.41, 5.74) is 1.13. The molecule has 0 amide bonds. The first-order valence-corrected chi connectivity index (χ1v) is 9.30. The smallest absolute Gasteiger partial charge is 0.123 e. The van der Waals surface area contributed by atoms with E-state index >= 15 is 0 Å². The third-order valence-electron chi connectivity index (χ3n) is 4.70. The van der Waals surface area contributed by atoms with Crippen molar-refractivity contribution in [1.29, 1.82) is 0 Å². The lowest BCUT2D eigenvalue weighted by Crippen LogP contribution is -2.24. The lowest BCUT2D eigenvalue weighted by Gasteiger charge is -2.19. The minimum absolute atomic E-state index is 0.114. The number of hydrogen-bond donors (Lipinski definition) is 1. The summed E-state index contributed by atoms with van der Waals surface area (Å²) >= 11 is 0. The quantitative estimate of drug-likeness (QED) is 0.466. The van der Waals surface area contributed by atoms with Crippen molar-refractivity contribution in [3.63, 3.8) is 0 Å². The Morgan fingerprint density at radius 3 is 2.36 bits per heavy atom. The molecule has 0 aliphatic heterocycles. The number of nitrogens with one attached hydrogen (secondary N) is 1. The van der Waals surface area contributed by atoms with Gasteiger partial charge >= 0.3 is 0 Å². The van der Waals surface area contributed by atoms with Gasteiger partial charge in [0.05, 0.1) is 0 Å². The molecule has 1 aliphatic rings. The normalized spacial score (nSPS) is 15.9. The summed E-state index contributed by atoms with van der Waals surface area (Å²) in [5, 5.41) is 3.67. The Morgan fingerprint density at radius 2 is 1.73 bits per heavy atom. The third-order valence-corrected chi connectivity index (χ3v) is 4.70. The highest BCUT2D eigenvalue weighted by molar-refractivity contribution is 5.22. The summed E-state index contributed by atoms with van der Waals surface area (Å²) in [6.07, 6.45) is 13.4. The molecule has 124 valence electrons. The Morgan fingerprint density at radius 1 is 1.05 bits per heavy atom. The van der Waals surface area contributed by atoms with Crippen LogP contribution in [-0.2, 0) is 0 Å². The van der Waals surface area contributed by atoms with Gasteiger partial charge in [0.25, 0.3) is 0 Å². The molecule has 1 N–H and O–H groups in total. The Balaban J connectivity index is 1.60. The average molecular weight is 305 g/mol. The largest absolute Gasteiger partial charge is 0.310 e. The fourth-order valence-corrected chi connectivity index (χ4v) is 3.20. The minimum Gasteiger partial charge on any atom is -0.310 e. The molecule has 2 heteroatoms. The fraction of sp³-hybridized carbons (Fsp3) is 0.700. The predicted octanol–water partition coefficient (Wildman–Crippen LogP) is 6.01. The van der Waals surface area contributed by atoms with E-state index in [1.165, 1.54) is 70.3 Å². The van der Waals surface area contributed by atoms with E-state index in [0.29, 0.717) is 6.04 Å². The van der Waals surface area contributed by atoms with E-state index in [0.717, 1.165) is 18.0 Å². The van der Waals surface area contributed by atoms with Crippen LogP contribution in [0.3, 0.4) is 0 Å². The fourth-order valence-electron chi connectivity index (χ4n) is 3.20. The second-order valence-electron chi connectivity index (χ2n) is 6.80. The van der Waals surface area contributed by atoms with E-state index in [1.807, 2.05) is 6.07 Å². The number of rotatable bonds is 12. The van der Waals surface area contributed by atoms with Crippen LogP contribution >= 0.6 is 0 Å². The summed E-state index contributed by atoms with van der Waals surface area (Å²) in [5.74, 6) is 0.605. The number of halogens is 1. The first-order chi connectivity index (χ1) is 10.8. The van der Waals surface area contributed by atoms with Crippen molar-refractivity contribution < 1.29 is 4.39 Å². The molecule has 1 saturated carbocycles. The summed E-state index contributed by atoms with van der Waals surface area (Å²) in [6, 6.07) is 7.49. The van der Waals surface area contributed by atoms with Crippen LogP contribution in [-0.4, -0.2) is 6.54 Å². The van der Waals surface area contributed by atoms with Crippen LogP contribution in [0.4, 0.5) is 4.39 Å². The van der Waals surface area contributed by atoms with Crippen molar-refractivity contribution in [2.45, 2.75) is 77.2 Å². The molecule has 22 heavy (non-hydrogen) atoms. The van der Waals surface area contributed by atoms with Gasteiger partial charge < -0.3 is 5.32 Å². The number of benzene rings is 1. The number of hydrogen-bond acceptors (Lipinski definition) is 1. The monoisotopic (exact) mass is 305 g/mol. The minimum atomic E-state index is -0.114. The maximum Gasteiger partial charge on any atom is 0.123 e. The van der Waals surface area contributed by atoms with Gasteiger partial charge in [0, 0.05) is 6.04 Å². The van der Waals surface area contributed by atoms with Crippen molar-refractivity contribution in [3.8, 4) is 0 Å². The standard InChI is InChI=1S/C20H32FN/c1-2-3-4-5-6-7-8-9-15-22-20(17-13-14-17)18-11-10-12-19(21)16-18/h10-12,16-17,20,22H,2-9,13-15H2,1H3/t20-/m0/s1. The highest BCUT2D eigenvalue weighted by Gasteiger charge is 2.31. The van der Waals surface area contributed by atoms with Crippen LogP contribution in [0.2, 0.25) is 0 Å². The van der Waals surface area contributed by atoms with Gasteiger partial charge in [-0.25, -0.2) is 4.39 Å². The highest BCUT2D eigenvalue weighted by atomic mass is 19.1. The molecule has 0 heterocycles. The molecule has 0 aromatic heterocycles. The topological polar surface area (TPSA) is 12.0 Å². The van der Waals surface area contributed by atoms with Crippen molar-refractivity contribution >= 4 is 0 Å². The zero-order valence-electron chi connectivity index (χ0n) is 14.1. The predicted molar refractivity (Wildman–Crippen MR) is 92.5 cm³/mol. The van der Waals surface area contributed by atoms with Crippen LogP contribution in [0.1, 0.15) is 82.7 Å². The van der Waals surface area contributed by atoms with Gasteiger partial charge in [-0.3, -0.25) is 0 Å². The van der Waals surface area contributed by atoms with E-state index < -0.39 is 0 Å². The zero-order valence-corrected chi connectivity index (χ0v) is 14.1. The highest BCUT2D eigenvalue weighted by Crippen LogP contribution is 2.41. The Labute approximate surface area is 135 Å². The Kier molecular flexibility index (Phi) is 7.93. The average Bonchev–Trinajstić information content (AvgIpc) is 3.34. The molecule has 0 spiro atoms. The van der Waals surface area contributed by atoms with E-state index in [2.05, 4.69) is 18.3 Å².